The first-order chi connectivity index (χ1) is 14.2. The summed E-state index contributed by atoms with van der Waals surface area (Å²) in [7, 11) is -3.81. The van der Waals surface area contributed by atoms with Gasteiger partial charge in [-0.1, -0.05) is 42.1 Å². The molecule has 2 aromatic carbocycles. The molecule has 3 rings (SSSR count). The highest BCUT2D eigenvalue weighted by molar-refractivity contribution is 8.14. The van der Waals surface area contributed by atoms with Crippen LogP contribution in [0.25, 0.3) is 0 Å². The van der Waals surface area contributed by atoms with E-state index in [0.717, 1.165) is 17.3 Å². The molecule has 0 aromatic heterocycles. The van der Waals surface area contributed by atoms with Crippen molar-refractivity contribution in [1.29, 1.82) is 0 Å². The van der Waals surface area contributed by atoms with Crippen LogP contribution in [-0.4, -0.2) is 37.1 Å². The predicted molar refractivity (Wildman–Crippen MR) is 113 cm³/mol. The molecule has 156 valence electrons. The molecule has 0 spiro atoms. The fourth-order valence-electron chi connectivity index (χ4n) is 2.67. The third-order valence-corrected chi connectivity index (χ3v) is 5.95. The summed E-state index contributed by atoms with van der Waals surface area (Å²) in [5.74, 6) is -2.43. The number of sulfonamides is 1. The molecule has 2 aromatic rings. The first-order valence-corrected chi connectivity index (χ1v) is 11.3. The lowest BCUT2D eigenvalue weighted by Crippen LogP contribution is -2.44. The average molecular weight is 447 g/mol. The van der Waals surface area contributed by atoms with Gasteiger partial charge in [-0.05, 0) is 36.2 Å². The molecule has 11 heteroatoms. The molecule has 9 nitrogen and oxygen atoms in total. The minimum Gasteiger partial charge on any atom is -0.325 e. The zero-order valence-corrected chi connectivity index (χ0v) is 17.2. The zero-order valence-electron chi connectivity index (χ0n) is 15.6. The molecule has 0 saturated heterocycles. The zero-order chi connectivity index (χ0) is 21.7. The van der Waals surface area contributed by atoms with Crippen LogP contribution in [0.2, 0.25) is 0 Å². The molecule has 0 aliphatic carbocycles. The van der Waals surface area contributed by atoms with Crippen molar-refractivity contribution in [2.24, 2.45) is 16.0 Å². The van der Waals surface area contributed by atoms with Crippen molar-refractivity contribution in [3.8, 4) is 0 Å². The molecule has 30 heavy (non-hydrogen) atoms. The number of nitrogens with one attached hydrogen (secondary N) is 2. The molecular formula is C19H18N4O5S2. The van der Waals surface area contributed by atoms with Crippen LogP contribution in [0.5, 0.6) is 0 Å². The topological polar surface area (TPSA) is 148 Å². The van der Waals surface area contributed by atoms with E-state index in [-0.39, 0.29) is 22.2 Å². The number of carbonyl (C=O) groups is 3. The van der Waals surface area contributed by atoms with Crippen LogP contribution in [0.15, 0.2) is 64.5 Å². The van der Waals surface area contributed by atoms with Crippen molar-refractivity contribution in [1.82, 2.24) is 5.32 Å². The normalized spacial score (nSPS) is 16.6. The number of thioether (sulfide) groups is 1. The van der Waals surface area contributed by atoms with Crippen LogP contribution in [-0.2, 0) is 30.8 Å². The summed E-state index contributed by atoms with van der Waals surface area (Å²) in [4.78, 5) is 40.4. The van der Waals surface area contributed by atoms with Gasteiger partial charge in [-0.15, -0.1) is 0 Å². The standard InChI is InChI=1S/C19H18N4O5S2/c20-30(27,28)14-8-6-13(7-9-14)21-16(24)11-29-19-22-17(25)15(18(26)23-19)10-12-4-2-1-3-5-12/h1-9,15H,10-11H2,(H,21,24)(H2,20,27,28)(H,22,23,25,26). The van der Waals surface area contributed by atoms with Crippen LogP contribution < -0.4 is 15.8 Å². The number of amidine groups is 1. The van der Waals surface area contributed by atoms with Crippen molar-refractivity contribution in [2.45, 2.75) is 11.3 Å². The summed E-state index contributed by atoms with van der Waals surface area (Å²) in [5, 5.41) is 10.2. The maximum atomic E-state index is 12.3. The number of nitrogens with two attached hydrogens (primary N) is 1. The molecule has 1 atom stereocenters. The molecule has 0 bridgehead atoms. The maximum Gasteiger partial charge on any atom is 0.261 e. The summed E-state index contributed by atoms with van der Waals surface area (Å²) in [6.07, 6.45) is 0.252. The molecule has 1 aliphatic heterocycles. The fraction of sp³-hybridized carbons (Fsp3) is 0.158. The lowest BCUT2D eigenvalue weighted by molar-refractivity contribution is -0.133. The number of hydrogen-bond acceptors (Lipinski definition) is 6. The second kappa shape index (κ2) is 9.20. The van der Waals surface area contributed by atoms with E-state index in [1.807, 2.05) is 30.3 Å². The number of primary sulfonamides is 1. The minimum atomic E-state index is -3.81. The number of nitrogens with zero attached hydrogens (tertiary/aromatic N) is 1. The Bertz CT molecular complexity index is 1100. The lowest BCUT2D eigenvalue weighted by atomic mass is 9.97. The number of amides is 3. The van der Waals surface area contributed by atoms with Gasteiger partial charge in [0.15, 0.2) is 5.17 Å². The van der Waals surface area contributed by atoms with Gasteiger partial charge < -0.3 is 10.6 Å². The van der Waals surface area contributed by atoms with Gasteiger partial charge >= 0.3 is 0 Å². The van der Waals surface area contributed by atoms with Gasteiger partial charge in [0.1, 0.15) is 5.92 Å². The van der Waals surface area contributed by atoms with Gasteiger partial charge in [-0.2, -0.15) is 4.99 Å². The Labute approximate surface area is 177 Å². The summed E-state index contributed by atoms with van der Waals surface area (Å²) < 4.78 is 22.5. The first kappa shape index (κ1) is 21.7. The first-order valence-electron chi connectivity index (χ1n) is 8.75. The summed E-state index contributed by atoms with van der Waals surface area (Å²) >= 11 is 0.917. The quantitative estimate of drug-likeness (QED) is 0.561. The Kier molecular flexibility index (Phi) is 6.65. The number of carbonyl (C=O) groups excluding carboxylic acids is 3. The Morgan fingerprint density at radius 3 is 2.37 bits per heavy atom. The monoisotopic (exact) mass is 446 g/mol. The van der Waals surface area contributed by atoms with E-state index in [0.29, 0.717) is 5.69 Å². The SMILES string of the molecule is NS(=O)(=O)c1ccc(NC(=O)CSC2=NC(=O)C(Cc3ccccc3)C(=O)N2)cc1. The van der Waals surface area contributed by atoms with E-state index in [9.17, 15) is 22.8 Å². The Hall–Kier alpha value is -3.02. The summed E-state index contributed by atoms with van der Waals surface area (Å²) in [6, 6.07) is 14.5. The highest BCUT2D eigenvalue weighted by atomic mass is 32.2. The molecule has 0 saturated carbocycles. The second-order valence-electron chi connectivity index (χ2n) is 6.39. The van der Waals surface area contributed by atoms with Crippen LogP contribution >= 0.6 is 11.8 Å². The smallest absolute Gasteiger partial charge is 0.261 e. The number of rotatable bonds is 6. The number of benzene rings is 2. The number of anilines is 1. The molecule has 4 N–H and O–H groups in total. The van der Waals surface area contributed by atoms with E-state index in [1.165, 1.54) is 24.3 Å². The van der Waals surface area contributed by atoms with Crippen molar-refractivity contribution in [2.75, 3.05) is 11.1 Å². The highest BCUT2D eigenvalue weighted by Crippen LogP contribution is 2.17. The third-order valence-electron chi connectivity index (χ3n) is 4.15. The predicted octanol–water partition coefficient (Wildman–Crippen LogP) is 0.877. The molecule has 1 aliphatic rings. The number of hydrogen-bond donors (Lipinski definition) is 3. The van der Waals surface area contributed by atoms with E-state index in [2.05, 4.69) is 15.6 Å². The second-order valence-corrected chi connectivity index (χ2v) is 8.92. The van der Waals surface area contributed by atoms with Crippen LogP contribution in [0.3, 0.4) is 0 Å². The summed E-state index contributed by atoms with van der Waals surface area (Å²) in [6.45, 7) is 0. The van der Waals surface area contributed by atoms with Crippen LogP contribution in [0.1, 0.15) is 5.56 Å². The molecular weight excluding hydrogens is 428 g/mol. The molecule has 1 heterocycles. The third kappa shape index (κ3) is 5.75. The van der Waals surface area contributed by atoms with Crippen molar-refractivity contribution >= 4 is 50.4 Å². The van der Waals surface area contributed by atoms with Gasteiger partial charge in [0, 0.05) is 5.69 Å². The van der Waals surface area contributed by atoms with Crippen LogP contribution in [0, 0.1) is 5.92 Å². The lowest BCUT2D eigenvalue weighted by Gasteiger charge is -2.19. The van der Waals surface area contributed by atoms with Gasteiger partial charge in [-0.25, -0.2) is 13.6 Å². The van der Waals surface area contributed by atoms with E-state index in [1.54, 1.807) is 0 Å². The Morgan fingerprint density at radius 2 is 1.77 bits per heavy atom. The van der Waals surface area contributed by atoms with Crippen molar-refractivity contribution < 1.29 is 22.8 Å². The minimum absolute atomic E-state index is 0.0639. The van der Waals surface area contributed by atoms with Gasteiger partial charge in [0.2, 0.25) is 21.8 Å². The molecule has 0 fully saturated rings. The largest absolute Gasteiger partial charge is 0.325 e. The Morgan fingerprint density at radius 1 is 1.10 bits per heavy atom. The molecule has 0 radical (unpaired) electrons. The maximum absolute atomic E-state index is 12.3. The fourth-order valence-corrected chi connectivity index (χ4v) is 3.85. The van der Waals surface area contributed by atoms with Gasteiger partial charge in [0.05, 0.1) is 10.6 Å². The van der Waals surface area contributed by atoms with E-state index >= 15 is 0 Å². The molecule has 3 amide bonds. The van der Waals surface area contributed by atoms with Gasteiger partial charge in [-0.3, -0.25) is 14.4 Å². The number of aliphatic imine (C=N–C) groups is 1. The van der Waals surface area contributed by atoms with E-state index < -0.39 is 33.7 Å². The Balaban J connectivity index is 1.54. The van der Waals surface area contributed by atoms with Crippen LogP contribution in [0.4, 0.5) is 5.69 Å². The average Bonchev–Trinajstić information content (AvgIpc) is 2.70. The van der Waals surface area contributed by atoms with Crippen molar-refractivity contribution in [3.63, 3.8) is 0 Å². The summed E-state index contributed by atoms with van der Waals surface area (Å²) in [5.41, 5.74) is 1.23. The highest BCUT2D eigenvalue weighted by Gasteiger charge is 2.32. The molecule has 1 unspecified atom stereocenters. The van der Waals surface area contributed by atoms with Gasteiger partial charge in [0.25, 0.3) is 5.91 Å². The van der Waals surface area contributed by atoms with Crippen molar-refractivity contribution in [3.05, 3.63) is 60.2 Å². The van der Waals surface area contributed by atoms with E-state index in [4.69, 9.17) is 5.14 Å².